The zero-order valence-corrected chi connectivity index (χ0v) is 15.1. The van der Waals surface area contributed by atoms with Crippen LogP contribution in [0, 0.1) is 10.1 Å². The summed E-state index contributed by atoms with van der Waals surface area (Å²) in [6.07, 6.45) is 1.76. The molecule has 3 rings (SSSR count). The highest BCUT2D eigenvalue weighted by molar-refractivity contribution is 5.66. The van der Waals surface area contributed by atoms with Crippen molar-refractivity contribution < 1.29 is 14.4 Å². The van der Waals surface area contributed by atoms with E-state index in [-0.39, 0.29) is 11.6 Å². The van der Waals surface area contributed by atoms with Crippen LogP contribution in [0.15, 0.2) is 0 Å². The second-order valence-corrected chi connectivity index (χ2v) is 6.30. The van der Waals surface area contributed by atoms with E-state index in [1.165, 1.54) is 0 Å². The summed E-state index contributed by atoms with van der Waals surface area (Å²) >= 11 is 0. The number of hydrogen-bond donors (Lipinski definition) is 1. The molecule has 10 nitrogen and oxygen atoms in total. The Hall–Kier alpha value is -2.20. The second-order valence-electron chi connectivity index (χ2n) is 6.30. The highest BCUT2D eigenvalue weighted by atomic mass is 16.6. The monoisotopic (exact) mass is 366 g/mol. The zero-order valence-electron chi connectivity index (χ0n) is 15.1. The summed E-state index contributed by atoms with van der Waals surface area (Å²) in [5.74, 6) is 0.881. The van der Waals surface area contributed by atoms with Crippen LogP contribution in [0.25, 0.3) is 0 Å². The molecule has 2 saturated heterocycles. The molecule has 1 aromatic rings. The molecule has 10 heteroatoms. The maximum Gasteiger partial charge on any atom is 0.373 e. The molecule has 1 aromatic heterocycles. The van der Waals surface area contributed by atoms with Crippen molar-refractivity contribution in [2.24, 2.45) is 0 Å². The van der Waals surface area contributed by atoms with Gasteiger partial charge in [-0.25, -0.2) is 0 Å². The lowest BCUT2D eigenvalue weighted by Crippen LogP contribution is -2.44. The van der Waals surface area contributed by atoms with Gasteiger partial charge >= 0.3 is 11.6 Å². The first kappa shape index (κ1) is 18.6. The van der Waals surface area contributed by atoms with Crippen molar-refractivity contribution in [2.45, 2.75) is 19.8 Å². The summed E-state index contributed by atoms with van der Waals surface area (Å²) in [5, 5.41) is 15.1. The predicted octanol–water partition coefficient (Wildman–Crippen LogP) is 0.810. The number of aromatic nitrogens is 2. The Morgan fingerprint density at radius 2 is 1.92 bits per heavy atom. The van der Waals surface area contributed by atoms with Gasteiger partial charge in [0.2, 0.25) is 11.8 Å². The average Bonchev–Trinajstić information content (AvgIpc) is 2.68. The molecule has 0 spiro atoms. The van der Waals surface area contributed by atoms with E-state index >= 15 is 0 Å². The number of morpholine rings is 1. The Bertz CT molecular complexity index is 617. The number of unbranched alkanes of at least 4 members (excludes halogenated alkanes) is 1. The summed E-state index contributed by atoms with van der Waals surface area (Å²) in [6, 6.07) is 0. The zero-order chi connectivity index (χ0) is 18.4. The Labute approximate surface area is 152 Å². The predicted molar refractivity (Wildman–Crippen MR) is 97.2 cm³/mol. The van der Waals surface area contributed by atoms with Crippen LogP contribution in [0.5, 0.6) is 5.88 Å². The van der Waals surface area contributed by atoms with Gasteiger partial charge in [0.05, 0.1) is 24.7 Å². The van der Waals surface area contributed by atoms with Gasteiger partial charge in [-0.15, -0.1) is 0 Å². The van der Waals surface area contributed by atoms with Gasteiger partial charge in [0, 0.05) is 39.3 Å². The number of hydrogen-bond acceptors (Lipinski definition) is 9. The van der Waals surface area contributed by atoms with Crippen LogP contribution >= 0.6 is 0 Å². The first-order valence-electron chi connectivity index (χ1n) is 9.18. The van der Waals surface area contributed by atoms with Gasteiger partial charge in [-0.05, 0) is 6.42 Å². The molecular formula is C16H26N6O4. The third kappa shape index (κ3) is 4.31. The maximum absolute atomic E-state index is 11.8. The minimum atomic E-state index is -0.437. The largest absolute Gasteiger partial charge is 0.473 e. The molecule has 0 aliphatic carbocycles. The van der Waals surface area contributed by atoms with E-state index in [2.05, 4.69) is 15.3 Å². The number of piperazine rings is 1. The number of nitrogens with one attached hydrogen (secondary N) is 1. The van der Waals surface area contributed by atoms with E-state index in [4.69, 9.17) is 9.47 Å². The molecule has 2 fully saturated rings. The quantitative estimate of drug-likeness (QED) is 0.426. The van der Waals surface area contributed by atoms with E-state index in [1.807, 2.05) is 16.7 Å². The van der Waals surface area contributed by atoms with Crippen LogP contribution in [-0.2, 0) is 4.74 Å². The molecule has 0 bridgehead atoms. The van der Waals surface area contributed by atoms with Gasteiger partial charge in [0.1, 0.15) is 0 Å². The third-order valence-electron chi connectivity index (χ3n) is 4.45. The molecule has 0 amide bonds. The average molecular weight is 366 g/mol. The molecule has 3 heterocycles. The van der Waals surface area contributed by atoms with E-state index in [0.717, 1.165) is 39.0 Å². The van der Waals surface area contributed by atoms with Crippen LogP contribution in [0.3, 0.4) is 0 Å². The maximum atomic E-state index is 11.8. The number of nitro groups is 1. The molecule has 0 aromatic carbocycles. The fraction of sp³-hybridized carbons (Fsp3) is 0.750. The van der Waals surface area contributed by atoms with Gasteiger partial charge in [-0.1, -0.05) is 13.3 Å². The Morgan fingerprint density at radius 3 is 2.58 bits per heavy atom. The third-order valence-corrected chi connectivity index (χ3v) is 4.45. The molecule has 144 valence electrons. The van der Waals surface area contributed by atoms with E-state index in [9.17, 15) is 10.1 Å². The Kier molecular flexibility index (Phi) is 6.40. The van der Waals surface area contributed by atoms with Crippen LogP contribution in [0.2, 0.25) is 0 Å². The lowest BCUT2D eigenvalue weighted by atomic mass is 10.3. The van der Waals surface area contributed by atoms with Crippen molar-refractivity contribution in [1.82, 2.24) is 15.3 Å². The van der Waals surface area contributed by atoms with Gasteiger partial charge < -0.3 is 24.6 Å². The molecule has 2 aliphatic rings. The van der Waals surface area contributed by atoms with Gasteiger partial charge in [0.15, 0.2) is 0 Å². The number of nitrogens with zero attached hydrogens (tertiary/aromatic N) is 5. The first-order valence-corrected chi connectivity index (χ1v) is 9.18. The molecule has 0 atom stereocenters. The lowest BCUT2D eigenvalue weighted by molar-refractivity contribution is -0.385. The molecule has 2 aliphatic heterocycles. The number of rotatable bonds is 7. The number of anilines is 2. The fourth-order valence-corrected chi connectivity index (χ4v) is 2.99. The van der Waals surface area contributed by atoms with E-state index in [0.29, 0.717) is 44.7 Å². The first-order chi connectivity index (χ1) is 12.7. The van der Waals surface area contributed by atoms with Crippen molar-refractivity contribution in [1.29, 1.82) is 0 Å². The summed E-state index contributed by atoms with van der Waals surface area (Å²) in [6.45, 7) is 7.80. The van der Waals surface area contributed by atoms with E-state index in [1.54, 1.807) is 0 Å². The van der Waals surface area contributed by atoms with Crippen LogP contribution < -0.4 is 19.9 Å². The van der Waals surface area contributed by atoms with Crippen molar-refractivity contribution in [2.75, 3.05) is 68.9 Å². The Balaban J connectivity index is 1.99. The minimum absolute atomic E-state index is 0.0634. The van der Waals surface area contributed by atoms with Crippen molar-refractivity contribution >= 4 is 17.5 Å². The van der Waals surface area contributed by atoms with Gasteiger partial charge in [-0.2, -0.15) is 9.97 Å². The van der Waals surface area contributed by atoms with Gasteiger partial charge in [0.25, 0.3) is 0 Å². The van der Waals surface area contributed by atoms with E-state index < -0.39 is 4.92 Å². The normalized spacial score (nSPS) is 18.0. The molecule has 1 N–H and O–H groups in total. The smallest absolute Gasteiger partial charge is 0.373 e. The summed E-state index contributed by atoms with van der Waals surface area (Å²) in [7, 11) is 0. The second kappa shape index (κ2) is 8.95. The standard InChI is InChI=1S/C16H26N6O4/c1-2-3-10-26-15-13(22(23)24)14(20-8-11-25-12-9-20)18-16(19-15)21-6-4-17-5-7-21/h17H,2-12H2,1H3. The van der Waals surface area contributed by atoms with Crippen LogP contribution in [0.1, 0.15) is 19.8 Å². The molecular weight excluding hydrogens is 340 g/mol. The SMILES string of the molecule is CCCCOc1nc(N2CCNCC2)nc(N2CCOCC2)c1[N+](=O)[O-]. The van der Waals surface area contributed by atoms with Crippen LogP contribution in [-0.4, -0.2) is 74.0 Å². The summed E-state index contributed by atoms with van der Waals surface area (Å²) in [4.78, 5) is 24.2. The molecule has 0 unspecified atom stereocenters. The highest BCUT2D eigenvalue weighted by Gasteiger charge is 2.32. The van der Waals surface area contributed by atoms with Crippen molar-refractivity contribution in [3.8, 4) is 5.88 Å². The van der Waals surface area contributed by atoms with Gasteiger partial charge in [-0.3, -0.25) is 10.1 Å². The fourth-order valence-electron chi connectivity index (χ4n) is 2.99. The van der Waals surface area contributed by atoms with Crippen LogP contribution in [0.4, 0.5) is 17.5 Å². The molecule has 26 heavy (non-hydrogen) atoms. The molecule has 0 saturated carbocycles. The molecule has 0 radical (unpaired) electrons. The van der Waals surface area contributed by atoms with Crippen molar-refractivity contribution in [3.05, 3.63) is 10.1 Å². The summed E-state index contributed by atoms with van der Waals surface area (Å²) in [5.41, 5.74) is -0.151. The minimum Gasteiger partial charge on any atom is -0.473 e. The van der Waals surface area contributed by atoms with Crippen molar-refractivity contribution in [3.63, 3.8) is 0 Å². The lowest BCUT2D eigenvalue weighted by Gasteiger charge is -2.31. The Morgan fingerprint density at radius 1 is 1.19 bits per heavy atom. The number of ether oxygens (including phenoxy) is 2. The highest BCUT2D eigenvalue weighted by Crippen LogP contribution is 2.36. The summed E-state index contributed by atoms with van der Waals surface area (Å²) < 4.78 is 11.1. The topological polar surface area (TPSA) is 106 Å².